The highest BCUT2D eigenvalue weighted by molar-refractivity contribution is 7.99. The first-order chi connectivity index (χ1) is 7.96. The first kappa shape index (κ1) is 13.3. The fraction of sp³-hybridized carbons (Fsp3) is 0.929. The van der Waals surface area contributed by atoms with Gasteiger partial charge in [-0.25, -0.2) is 0 Å². The Hall–Kier alpha value is -0.180. The fourth-order valence-corrected chi connectivity index (χ4v) is 5.06. The van der Waals surface area contributed by atoms with Crippen LogP contribution in [0, 0.1) is 29.1 Å². The van der Waals surface area contributed by atoms with Gasteiger partial charge in [-0.2, -0.15) is 0 Å². The minimum absolute atomic E-state index is 0.0933. The molecule has 0 N–H and O–H groups in total. The fourth-order valence-electron chi connectivity index (χ4n) is 3.82. The van der Waals surface area contributed by atoms with Crippen LogP contribution < -0.4 is 0 Å². The Labute approximate surface area is 109 Å². The van der Waals surface area contributed by atoms with E-state index in [-0.39, 0.29) is 5.97 Å². The maximum atomic E-state index is 11.1. The molecule has 3 saturated carbocycles. The average Bonchev–Trinajstić information content (AvgIpc) is 2.30. The van der Waals surface area contributed by atoms with Crippen molar-refractivity contribution >= 4 is 17.7 Å². The molecule has 0 aromatic rings. The zero-order valence-corrected chi connectivity index (χ0v) is 12.2. The summed E-state index contributed by atoms with van der Waals surface area (Å²) in [5, 5.41) is 0. The summed E-state index contributed by atoms with van der Waals surface area (Å²) in [4.78, 5) is 11.1. The molecule has 3 aliphatic carbocycles. The third kappa shape index (κ3) is 2.35. The summed E-state index contributed by atoms with van der Waals surface area (Å²) in [5.41, 5.74) is 0.545. The van der Waals surface area contributed by atoms with Gasteiger partial charge in [-0.05, 0) is 47.7 Å². The maximum absolute atomic E-state index is 11.1. The zero-order valence-electron chi connectivity index (χ0n) is 11.4. The number of esters is 1. The molecule has 0 aliphatic heterocycles. The lowest BCUT2D eigenvalue weighted by atomic mass is 9.44. The number of methoxy groups -OCH3 is 1. The van der Waals surface area contributed by atoms with Crippen molar-refractivity contribution in [3.05, 3.63) is 0 Å². The van der Waals surface area contributed by atoms with Crippen LogP contribution >= 0.6 is 11.8 Å². The largest absolute Gasteiger partial charge is 0.468 e. The van der Waals surface area contributed by atoms with Gasteiger partial charge in [0.25, 0.3) is 0 Å². The summed E-state index contributed by atoms with van der Waals surface area (Å²) < 4.78 is 4.68. The molecule has 0 aromatic heterocycles. The maximum Gasteiger partial charge on any atom is 0.315 e. The molecule has 0 radical (unpaired) electrons. The summed E-state index contributed by atoms with van der Waals surface area (Å²) in [6.07, 6.45) is 2.80. The van der Waals surface area contributed by atoms with Crippen molar-refractivity contribution in [3.63, 3.8) is 0 Å². The molecule has 4 atom stereocenters. The molecular formula is C14H24O2S. The summed E-state index contributed by atoms with van der Waals surface area (Å²) >= 11 is 1.75. The lowest BCUT2D eigenvalue weighted by Gasteiger charge is -2.62. The Kier molecular flexibility index (Phi) is 3.77. The Balaban J connectivity index is 1.85. The third-order valence-electron chi connectivity index (χ3n) is 5.21. The van der Waals surface area contributed by atoms with E-state index < -0.39 is 0 Å². The zero-order chi connectivity index (χ0) is 12.6. The second kappa shape index (κ2) is 4.83. The van der Waals surface area contributed by atoms with Crippen LogP contribution in [-0.2, 0) is 9.53 Å². The molecule has 98 valence electrons. The molecule has 3 aliphatic rings. The second-order valence-electron chi connectivity index (χ2n) is 6.33. The van der Waals surface area contributed by atoms with Crippen molar-refractivity contribution < 1.29 is 9.53 Å². The van der Waals surface area contributed by atoms with Crippen molar-refractivity contribution in [3.8, 4) is 0 Å². The first-order valence-corrected chi connectivity index (χ1v) is 7.76. The van der Waals surface area contributed by atoms with Crippen molar-refractivity contribution in [1.29, 1.82) is 0 Å². The minimum Gasteiger partial charge on any atom is -0.468 e. The Morgan fingerprint density at radius 1 is 1.41 bits per heavy atom. The summed E-state index contributed by atoms with van der Waals surface area (Å²) in [6, 6.07) is 0. The lowest BCUT2D eigenvalue weighted by Crippen LogP contribution is -2.55. The molecule has 0 saturated heterocycles. The number of hydrogen-bond acceptors (Lipinski definition) is 3. The number of fused-ring (bicyclic) bond motifs is 2. The molecule has 2 nitrogen and oxygen atoms in total. The Morgan fingerprint density at radius 2 is 2.12 bits per heavy atom. The van der Waals surface area contributed by atoms with Gasteiger partial charge in [-0.15, -0.1) is 11.8 Å². The van der Waals surface area contributed by atoms with Gasteiger partial charge >= 0.3 is 5.97 Å². The van der Waals surface area contributed by atoms with Gasteiger partial charge in [-0.1, -0.05) is 20.8 Å². The Bertz CT molecular complexity index is 301. The van der Waals surface area contributed by atoms with Crippen LogP contribution in [0.1, 0.15) is 33.6 Å². The normalized spacial score (nSPS) is 38.4. The molecule has 0 amide bonds. The second-order valence-corrected chi connectivity index (χ2v) is 7.36. The molecule has 0 aromatic carbocycles. The molecule has 2 bridgehead atoms. The highest BCUT2D eigenvalue weighted by Crippen LogP contribution is 2.63. The molecule has 3 heteroatoms. The summed E-state index contributed by atoms with van der Waals surface area (Å²) in [5.74, 6) is 4.99. The quantitative estimate of drug-likeness (QED) is 0.723. The van der Waals surface area contributed by atoms with Crippen molar-refractivity contribution in [1.82, 2.24) is 0 Å². The van der Waals surface area contributed by atoms with Crippen LogP contribution in [0.15, 0.2) is 0 Å². The summed E-state index contributed by atoms with van der Waals surface area (Å²) in [7, 11) is 1.46. The van der Waals surface area contributed by atoms with Gasteiger partial charge in [0.15, 0.2) is 0 Å². The van der Waals surface area contributed by atoms with E-state index in [1.165, 1.54) is 20.0 Å². The number of ether oxygens (including phenoxy) is 1. The predicted molar refractivity (Wildman–Crippen MR) is 72.0 cm³/mol. The average molecular weight is 256 g/mol. The number of rotatable bonds is 4. The predicted octanol–water partition coefficient (Wildman–Crippen LogP) is 3.21. The van der Waals surface area contributed by atoms with Crippen molar-refractivity contribution in [2.24, 2.45) is 29.1 Å². The van der Waals surface area contributed by atoms with E-state index >= 15 is 0 Å². The van der Waals surface area contributed by atoms with Gasteiger partial charge in [0.05, 0.1) is 12.9 Å². The molecule has 0 heterocycles. The minimum atomic E-state index is -0.0933. The standard InChI is InChI=1S/C14H24O2S/c1-9-5-10-6-12(14(10,2)3)11(9)7-17-8-13(15)16-4/h9-12H,5-8H2,1-4H3/t9-,10-,11?,12-/m0/s1. The molecule has 0 spiro atoms. The van der Waals surface area contributed by atoms with Gasteiger partial charge in [-0.3, -0.25) is 4.79 Å². The number of thioether (sulfide) groups is 1. The van der Waals surface area contributed by atoms with E-state index in [4.69, 9.17) is 0 Å². The van der Waals surface area contributed by atoms with Gasteiger partial charge < -0.3 is 4.74 Å². The van der Waals surface area contributed by atoms with E-state index in [9.17, 15) is 4.79 Å². The van der Waals surface area contributed by atoms with Crippen LogP contribution in [0.5, 0.6) is 0 Å². The monoisotopic (exact) mass is 256 g/mol. The smallest absolute Gasteiger partial charge is 0.315 e. The topological polar surface area (TPSA) is 26.3 Å². The van der Waals surface area contributed by atoms with Gasteiger partial charge in [0.2, 0.25) is 0 Å². The highest BCUT2D eigenvalue weighted by atomic mass is 32.2. The van der Waals surface area contributed by atoms with Gasteiger partial charge in [0.1, 0.15) is 0 Å². The van der Waals surface area contributed by atoms with E-state index in [0.717, 1.165) is 29.4 Å². The molecular weight excluding hydrogens is 232 g/mol. The van der Waals surface area contributed by atoms with Crippen LogP contribution in [0.3, 0.4) is 0 Å². The van der Waals surface area contributed by atoms with E-state index in [1.807, 2.05) is 0 Å². The van der Waals surface area contributed by atoms with Crippen LogP contribution in [-0.4, -0.2) is 24.6 Å². The summed E-state index contributed by atoms with van der Waals surface area (Å²) in [6.45, 7) is 7.24. The Morgan fingerprint density at radius 3 is 2.71 bits per heavy atom. The van der Waals surface area contributed by atoms with Crippen molar-refractivity contribution in [2.45, 2.75) is 33.6 Å². The van der Waals surface area contributed by atoms with Gasteiger partial charge in [0, 0.05) is 0 Å². The van der Waals surface area contributed by atoms with Crippen LogP contribution in [0.25, 0.3) is 0 Å². The van der Waals surface area contributed by atoms with Crippen LogP contribution in [0.4, 0.5) is 0 Å². The number of carbonyl (C=O) groups is 1. The van der Waals surface area contributed by atoms with E-state index in [2.05, 4.69) is 25.5 Å². The first-order valence-electron chi connectivity index (χ1n) is 6.61. The molecule has 3 rings (SSSR count). The lowest BCUT2D eigenvalue weighted by molar-refractivity contribution is -0.137. The number of hydrogen-bond donors (Lipinski definition) is 0. The molecule has 17 heavy (non-hydrogen) atoms. The molecule has 1 unspecified atom stereocenters. The third-order valence-corrected chi connectivity index (χ3v) is 6.27. The number of carbonyl (C=O) groups excluding carboxylic acids is 1. The molecule has 3 fully saturated rings. The van der Waals surface area contributed by atoms with E-state index in [0.29, 0.717) is 11.2 Å². The van der Waals surface area contributed by atoms with E-state index in [1.54, 1.807) is 11.8 Å². The van der Waals surface area contributed by atoms with Crippen LogP contribution in [0.2, 0.25) is 0 Å². The highest BCUT2D eigenvalue weighted by Gasteiger charge is 2.56. The SMILES string of the molecule is COC(=O)CSCC1[C@@H](C)C[C@H]2C[C@@H]1C2(C)C. The van der Waals surface area contributed by atoms with Crippen molar-refractivity contribution in [2.75, 3.05) is 18.6 Å².